The monoisotopic (exact) mass is 412 g/mol. The lowest BCUT2D eigenvalue weighted by Gasteiger charge is -2.21. The molecule has 2 aliphatic rings. The fraction of sp³-hybridized carbons (Fsp3) is 0.458. The zero-order valence-electron chi connectivity index (χ0n) is 17.6. The molecule has 30 heavy (non-hydrogen) atoms. The first-order valence-corrected chi connectivity index (χ1v) is 10.7. The second kappa shape index (κ2) is 9.14. The third-order valence-corrected chi connectivity index (χ3v) is 6.20. The first-order chi connectivity index (χ1) is 14.5. The topological polar surface area (TPSA) is 50.8 Å². The highest BCUT2D eigenvalue weighted by atomic mass is 19.1. The number of carbonyl (C=O) groups excluding carboxylic acids is 1. The van der Waals surface area contributed by atoms with Gasteiger partial charge in [-0.15, -0.1) is 0 Å². The van der Waals surface area contributed by atoms with Crippen molar-refractivity contribution in [2.45, 2.75) is 50.6 Å². The van der Waals surface area contributed by atoms with Gasteiger partial charge in [0.05, 0.1) is 20.3 Å². The smallest absolute Gasteiger partial charge is 0.277 e. The van der Waals surface area contributed by atoms with Crippen LogP contribution < -0.4 is 10.1 Å². The molecule has 4 rings (SSSR count). The van der Waals surface area contributed by atoms with Crippen LogP contribution in [0.2, 0.25) is 0 Å². The standard InChI is InChI=1S/C24H29FN2O3/c1-16(19-9-11-22(25)23(15-19)29-2)26-21-10-8-20(14-21)17-4-6-18(7-5-17)24(28)27-12-3-13-30-27/h4-7,9,11,15-16,20-21,26H,3,8,10,12-14H2,1-2H3/t16-,20-,21+/m1/s1. The number of hydrogen-bond acceptors (Lipinski definition) is 4. The molecule has 1 saturated heterocycles. The molecule has 0 spiro atoms. The number of methoxy groups -OCH3 is 1. The summed E-state index contributed by atoms with van der Waals surface area (Å²) in [7, 11) is 1.48. The number of hydroxylamine groups is 2. The molecular formula is C24H29FN2O3. The van der Waals surface area contributed by atoms with Crippen LogP contribution in [0.3, 0.4) is 0 Å². The van der Waals surface area contributed by atoms with Crippen molar-refractivity contribution in [3.63, 3.8) is 0 Å². The lowest BCUT2D eigenvalue weighted by atomic mass is 9.96. The molecule has 2 aromatic rings. The van der Waals surface area contributed by atoms with Crippen LogP contribution in [-0.2, 0) is 4.84 Å². The average Bonchev–Trinajstić information content (AvgIpc) is 3.46. The maximum Gasteiger partial charge on any atom is 0.277 e. The van der Waals surface area contributed by atoms with Crippen molar-refractivity contribution < 1.29 is 18.8 Å². The van der Waals surface area contributed by atoms with Gasteiger partial charge in [0.2, 0.25) is 0 Å². The number of amides is 1. The zero-order chi connectivity index (χ0) is 21.1. The first-order valence-electron chi connectivity index (χ1n) is 10.7. The van der Waals surface area contributed by atoms with Crippen LogP contribution in [0.4, 0.5) is 4.39 Å². The van der Waals surface area contributed by atoms with Crippen molar-refractivity contribution in [3.05, 3.63) is 65.0 Å². The van der Waals surface area contributed by atoms with Crippen molar-refractivity contribution >= 4 is 5.91 Å². The van der Waals surface area contributed by atoms with E-state index in [2.05, 4.69) is 24.4 Å². The lowest BCUT2D eigenvalue weighted by Crippen LogP contribution is -2.29. The Balaban J connectivity index is 1.34. The molecule has 0 bridgehead atoms. The quantitative estimate of drug-likeness (QED) is 0.754. The number of benzene rings is 2. The molecule has 5 nitrogen and oxygen atoms in total. The number of rotatable bonds is 6. The number of nitrogens with one attached hydrogen (secondary N) is 1. The van der Waals surface area contributed by atoms with Crippen LogP contribution in [0.1, 0.15) is 66.1 Å². The van der Waals surface area contributed by atoms with Gasteiger partial charge in [-0.3, -0.25) is 9.63 Å². The fourth-order valence-electron chi connectivity index (χ4n) is 4.48. The second-order valence-corrected chi connectivity index (χ2v) is 8.21. The van der Waals surface area contributed by atoms with E-state index < -0.39 is 0 Å². The van der Waals surface area contributed by atoms with Gasteiger partial charge in [0.1, 0.15) is 0 Å². The van der Waals surface area contributed by atoms with Gasteiger partial charge in [0.25, 0.3) is 5.91 Å². The average molecular weight is 413 g/mol. The Bertz CT molecular complexity index is 881. The Hall–Kier alpha value is -2.44. The molecule has 2 fully saturated rings. The zero-order valence-corrected chi connectivity index (χ0v) is 17.6. The van der Waals surface area contributed by atoms with E-state index in [0.29, 0.717) is 30.7 Å². The number of hydrogen-bond donors (Lipinski definition) is 1. The van der Waals surface area contributed by atoms with E-state index in [-0.39, 0.29) is 23.5 Å². The third-order valence-electron chi connectivity index (χ3n) is 6.20. The minimum Gasteiger partial charge on any atom is -0.494 e. The number of carbonyl (C=O) groups is 1. The van der Waals surface area contributed by atoms with Gasteiger partial charge >= 0.3 is 0 Å². The van der Waals surface area contributed by atoms with Gasteiger partial charge < -0.3 is 10.1 Å². The molecule has 0 aromatic heterocycles. The second-order valence-electron chi connectivity index (χ2n) is 8.21. The van der Waals surface area contributed by atoms with E-state index in [1.165, 1.54) is 23.8 Å². The highest BCUT2D eigenvalue weighted by molar-refractivity contribution is 5.93. The molecule has 6 heteroatoms. The number of ether oxygens (including phenoxy) is 1. The predicted octanol–water partition coefficient (Wildman–Crippen LogP) is 4.60. The molecule has 1 saturated carbocycles. The molecule has 2 aromatic carbocycles. The van der Waals surface area contributed by atoms with Crippen LogP contribution in [0.15, 0.2) is 42.5 Å². The van der Waals surface area contributed by atoms with Crippen LogP contribution in [-0.4, -0.2) is 37.3 Å². The summed E-state index contributed by atoms with van der Waals surface area (Å²) in [5.74, 6) is 0.352. The van der Waals surface area contributed by atoms with E-state index in [4.69, 9.17) is 9.57 Å². The van der Waals surface area contributed by atoms with E-state index in [1.54, 1.807) is 6.07 Å². The minimum absolute atomic E-state index is 0.0615. The molecule has 0 unspecified atom stereocenters. The van der Waals surface area contributed by atoms with Crippen molar-refractivity contribution in [1.82, 2.24) is 10.4 Å². The summed E-state index contributed by atoms with van der Waals surface area (Å²) in [5.41, 5.74) is 2.96. The lowest BCUT2D eigenvalue weighted by molar-refractivity contribution is -0.0768. The Morgan fingerprint density at radius 2 is 2.03 bits per heavy atom. The first kappa shape index (κ1) is 20.8. The normalized spacial score (nSPS) is 22.3. The SMILES string of the molecule is COc1cc([C@@H](C)N[C@H]2CC[C@@H](c3ccc(C(=O)N4CCCO4)cc3)C2)ccc1F. The molecule has 0 radical (unpaired) electrons. The summed E-state index contributed by atoms with van der Waals surface area (Å²) in [6.45, 7) is 3.37. The molecule has 1 aliphatic carbocycles. The maximum atomic E-state index is 13.7. The van der Waals surface area contributed by atoms with Gasteiger partial charge in [0.15, 0.2) is 11.6 Å². The summed E-state index contributed by atoms with van der Waals surface area (Å²) < 4.78 is 18.8. The summed E-state index contributed by atoms with van der Waals surface area (Å²) in [4.78, 5) is 17.8. The summed E-state index contributed by atoms with van der Waals surface area (Å²) in [5, 5.41) is 5.13. The number of halogens is 1. The molecule has 1 amide bonds. The Labute approximate surface area is 177 Å². The Kier molecular flexibility index (Phi) is 6.35. The van der Waals surface area contributed by atoms with Crippen molar-refractivity contribution in [2.24, 2.45) is 0 Å². The third kappa shape index (κ3) is 4.50. The van der Waals surface area contributed by atoms with Gasteiger partial charge in [-0.05, 0) is 73.9 Å². The van der Waals surface area contributed by atoms with Gasteiger partial charge in [-0.2, -0.15) is 0 Å². The number of nitrogens with zero attached hydrogens (tertiary/aromatic N) is 1. The minimum atomic E-state index is -0.340. The van der Waals surface area contributed by atoms with Gasteiger partial charge in [0, 0.05) is 17.6 Å². The summed E-state index contributed by atoms with van der Waals surface area (Å²) >= 11 is 0. The van der Waals surface area contributed by atoms with Crippen molar-refractivity contribution in [3.8, 4) is 5.75 Å². The van der Waals surface area contributed by atoms with Crippen molar-refractivity contribution in [2.75, 3.05) is 20.3 Å². The van der Waals surface area contributed by atoms with Crippen molar-refractivity contribution in [1.29, 1.82) is 0 Å². The highest BCUT2D eigenvalue weighted by Gasteiger charge is 2.28. The molecule has 1 heterocycles. The molecular weight excluding hydrogens is 383 g/mol. The Morgan fingerprint density at radius 1 is 1.23 bits per heavy atom. The van der Waals surface area contributed by atoms with E-state index in [9.17, 15) is 9.18 Å². The van der Waals surface area contributed by atoms with Gasteiger partial charge in [-0.1, -0.05) is 18.2 Å². The largest absolute Gasteiger partial charge is 0.494 e. The van der Waals surface area contributed by atoms with E-state index in [0.717, 1.165) is 31.2 Å². The van der Waals surface area contributed by atoms with Crippen LogP contribution >= 0.6 is 0 Å². The summed E-state index contributed by atoms with van der Waals surface area (Å²) in [6.07, 6.45) is 4.14. The van der Waals surface area contributed by atoms with Gasteiger partial charge in [-0.25, -0.2) is 9.45 Å². The van der Waals surface area contributed by atoms with Crippen LogP contribution in [0.25, 0.3) is 0 Å². The predicted molar refractivity (Wildman–Crippen MR) is 113 cm³/mol. The van der Waals surface area contributed by atoms with E-state index >= 15 is 0 Å². The highest BCUT2D eigenvalue weighted by Crippen LogP contribution is 2.36. The molecule has 1 aliphatic heterocycles. The maximum absolute atomic E-state index is 13.7. The molecule has 1 N–H and O–H groups in total. The fourth-order valence-corrected chi connectivity index (χ4v) is 4.48. The summed E-state index contributed by atoms with van der Waals surface area (Å²) in [6, 6.07) is 13.5. The van der Waals surface area contributed by atoms with Crippen LogP contribution in [0, 0.1) is 5.82 Å². The van der Waals surface area contributed by atoms with E-state index in [1.807, 2.05) is 18.2 Å². The molecule has 3 atom stereocenters. The Morgan fingerprint density at radius 3 is 2.73 bits per heavy atom. The van der Waals surface area contributed by atoms with Crippen LogP contribution in [0.5, 0.6) is 5.75 Å². The molecule has 160 valence electrons.